The lowest BCUT2D eigenvalue weighted by Crippen LogP contribution is -2.33. The van der Waals surface area contributed by atoms with Crippen LogP contribution in [0, 0.1) is 5.82 Å². The van der Waals surface area contributed by atoms with Crippen LogP contribution in [0.1, 0.15) is 37.0 Å². The highest BCUT2D eigenvalue weighted by Gasteiger charge is 2.18. The van der Waals surface area contributed by atoms with E-state index in [9.17, 15) is 14.0 Å². The van der Waals surface area contributed by atoms with Crippen LogP contribution in [0.4, 0.5) is 10.1 Å². The van der Waals surface area contributed by atoms with Crippen molar-refractivity contribution in [2.45, 2.75) is 32.2 Å². The molecular formula is C13H17FN2O3. The highest BCUT2D eigenvalue weighted by atomic mass is 19.1. The first-order chi connectivity index (χ1) is 8.70. The Morgan fingerprint density at radius 3 is 2.58 bits per heavy atom. The van der Waals surface area contributed by atoms with Gasteiger partial charge < -0.3 is 16.2 Å². The van der Waals surface area contributed by atoms with Gasteiger partial charge in [-0.2, -0.15) is 0 Å². The van der Waals surface area contributed by atoms with Crippen molar-refractivity contribution >= 4 is 17.6 Å². The van der Waals surface area contributed by atoms with Crippen LogP contribution in [0.5, 0.6) is 0 Å². The Balaban J connectivity index is 2.82. The number of carbonyl (C=O) groups excluding carboxylic acids is 1. The molecule has 1 rings (SSSR count). The van der Waals surface area contributed by atoms with Crippen LogP contribution in [-0.4, -0.2) is 22.5 Å². The van der Waals surface area contributed by atoms with E-state index in [0.717, 1.165) is 6.07 Å². The summed E-state index contributed by atoms with van der Waals surface area (Å²) >= 11 is 0. The summed E-state index contributed by atoms with van der Waals surface area (Å²) in [4.78, 5) is 22.6. The molecule has 5 nitrogen and oxygen atoms in total. The average molecular weight is 268 g/mol. The van der Waals surface area contributed by atoms with Gasteiger partial charge in [0.25, 0.3) is 0 Å². The Hall–Kier alpha value is -1.95. The fourth-order valence-electron chi connectivity index (χ4n) is 1.47. The maximum atomic E-state index is 13.5. The van der Waals surface area contributed by atoms with E-state index in [4.69, 9.17) is 10.8 Å². The van der Waals surface area contributed by atoms with Gasteiger partial charge in [-0.15, -0.1) is 0 Å². The van der Waals surface area contributed by atoms with Gasteiger partial charge in [-0.3, -0.25) is 4.79 Å². The smallest absolute Gasteiger partial charge is 0.337 e. The van der Waals surface area contributed by atoms with Gasteiger partial charge in [0.1, 0.15) is 5.82 Å². The summed E-state index contributed by atoms with van der Waals surface area (Å²) in [6.45, 7) is 3.54. The molecule has 0 spiro atoms. The number of nitrogens with one attached hydrogen (secondary N) is 1. The van der Waals surface area contributed by atoms with E-state index >= 15 is 0 Å². The van der Waals surface area contributed by atoms with E-state index in [0.29, 0.717) is 6.42 Å². The van der Waals surface area contributed by atoms with Crippen LogP contribution in [0.25, 0.3) is 0 Å². The third kappa shape index (κ3) is 4.67. The minimum Gasteiger partial charge on any atom is -0.478 e. The van der Waals surface area contributed by atoms with Crippen molar-refractivity contribution in [2.24, 2.45) is 5.73 Å². The molecule has 0 aliphatic rings. The van der Waals surface area contributed by atoms with Gasteiger partial charge in [0.15, 0.2) is 0 Å². The third-order valence-electron chi connectivity index (χ3n) is 2.50. The first kappa shape index (κ1) is 15.1. The minimum absolute atomic E-state index is 0.0941. The molecule has 0 fully saturated rings. The Bertz CT molecular complexity index is 495. The normalized spacial score (nSPS) is 11.2. The van der Waals surface area contributed by atoms with Gasteiger partial charge in [-0.05, 0) is 32.4 Å². The van der Waals surface area contributed by atoms with Crippen molar-refractivity contribution in [3.63, 3.8) is 0 Å². The second-order valence-corrected chi connectivity index (χ2v) is 5.00. The molecule has 0 bridgehead atoms. The van der Waals surface area contributed by atoms with Crippen molar-refractivity contribution < 1.29 is 19.1 Å². The molecule has 104 valence electrons. The largest absolute Gasteiger partial charge is 0.478 e. The average Bonchev–Trinajstić information content (AvgIpc) is 2.28. The number of hydrogen-bond acceptors (Lipinski definition) is 3. The van der Waals surface area contributed by atoms with Crippen molar-refractivity contribution in [3.05, 3.63) is 29.6 Å². The maximum absolute atomic E-state index is 13.5. The van der Waals surface area contributed by atoms with E-state index in [1.165, 1.54) is 12.1 Å². The monoisotopic (exact) mass is 268 g/mol. The van der Waals surface area contributed by atoms with E-state index in [1.807, 2.05) is 0 Å². The Kier molecular flexibility index (Phi) is 4.61. The summed E-state index contributed by atoms with van der Waals surface area (Å²) in [5, 5.41) is 11.2. The molecule has 0 heterocycles. The lowest BCUT2D eigenvalue weighted by molar-refractivity contribution is -0.116. The quantitative estimate of drug-likeness (QED) is 0.761. The van der Waals surface area contributed by atoms with Gasteiger partial charge in [0.05, 0.1) is 11.3 Å². The lowest BCUT2D eigenvalue weighted by atomic mass is 10.00. The predicted octanol–water partition coefficient (Wildman–Crippen LogP) is 1.98. The summed E-state index contributed by atoms with van der Waals surface area (Å²) < 4.78 is 13.5. The third-order valence-corrected chi connectivity index (χ3v) is 2.50. The van der Waals surface area contributed by atoms with Crippen molar-refractivity contribution in [1.29, 1.82) is 0 Å². The molecule has 0 aliphatic heterocycles. The zero-order chi connectivity index (χ0) is 14.6. The topological polar surface area (TPSA) is 92.4 Å². The number of anilines is 1. The summed E-state index contributed by atoms with van der Waals surface area (Å²) in [6.07, 6.45) is 0.507. The molecule has 1 amide bonds. The highest BCUT2D eigenvalue weighted by molar-refractivity contribution is 6.00. The standard InChI is InChI=1S/C13H17FN2O3/c1-13(2,15)7-6-10(17)16-11-8(12(18)19)4-3-5-9(11)14/h3-5H,6-7,15H2,1-2H3,(H,16,17)(H,18,19). The molecule has 1 aromatic rings. The zero-order valence-corrected chi connectivity index (χ0v) is 10.9. The summed E-state index contributed by atoms with van der Waals surface area (Å²) in [6, 6.07) is 3.60. The molecule has 6 heteroatoms. The van der Waals surface area contributed by atoms with Crippen LogP contribution in [-0.2, 0) is 4.79 Å². The zero-order valence-electron chi connectivity index (χ0n) is 10.9. The number of carbonyl (C=O) groups is 2. The van der Waals surface area contributed by atoms with E-state index in [-0.39, 0.29) is 17.7 Å². The Morgan fingerprint density at radius 2 is 2.05 bits per heavy atom. The highest BCUT2D eigenvalue weighted by Crippen LogP contribution is 2.20. The van der Waals surface area contributed by atoms with Crippen LogP contribution < -0.4 is 11.1 Å². The number of hydrogen-bond donors (Lipinski definition) is 3. The fourth-order valence-corrected chi connectivity index (χ4v) is 1.47. The molecule has 19 heavy (non-hydrogen) atoms. The Labute approximate surface area is 110 Å². The molecule has 0 atom stereocenters. The molecule has 0 aromatic heterocycles. The molecule has 0 radical (unpaired) electrons. The number of benzene rings is 1. The van der Waals surface area contributed by atoms with E-state index in [2.05, 4.69) is 5.32 Å². The second-order valence-electron chi connectivity index (χ2n) is 5.00. The number of carboxylic acids is 1. The van der Waals surface area contributed by atoms with Crippen molar-refractivity contribution in [2.75, 3.05) is 5.32 Å². The fraction of sp³-hybridized carbons (Fsp3) is 0.385. The van der Waals surface area contributed by atoms with Crippen LogP contribution in [0.15, 0.2) is 18.2 Å². The maximum Gasteiger partial charge on any atom is 0.337 e. The first-order valence-electron chi connectivity index (χ1n) is 5.81. The second kappa shape index (κ2) is 5.79. The van der Waals surface area contributed by atoms with Crippen molar-refractivity contribution in [1.82, 2.24) is 0 Å². The van der Waals surface area contributed by atoms with Crippen molar-refractivity contribution in [3.8, 4) is 0 Å². The Morgan fingerprint density at radius 1 is 1.42 bits per heavy atom. The number of nitrogens with two attached hydrogens (primary N) is 1. The number of halogens is 1. The van der Waals surface area contributed by atoms with Gasteiger partial charge in [-0.1, -0.05) is 6.07 Å². The number of rotatable bonds is 5. The lowest BCUT2D eigenvalue weighted by Gasteiger charge is -2.18. The predicted molar refractivity (Wildman–Crippen MR) is 69.5 cm³/mol. The van der Waals surface area contributed by atoms with Crippen LogP contribution in [0.3, 0.4) is 0 Å². The molecule has 0 unspecified atom stereocenters. The molecular weight excluding hydrogens is 251 g/mol. The van der Waals surface area contributed by atoms with Gasteiger partial charge in [0.2, 0.25) is 5.91 Å². The SMILES string of the molecule is CC(C)(N)CCC(=O)Nc1c(F)cccc1C(=O)O. The number of aromatic carboxylic acids is 1. The van der Waals surface area contributed by atoms with Crippen LogP contribution in [0.2, 0.25) is 0 Å². The molecule has 0 saturated heterocycles. The van der Waals surface area contributed by atoms with Gasteiger partial charge in [0, 0.05) is 12.0 Å². The number of amides is 1. The summed E-state index contributed by atoms with van der Waals surface area (Å²) in [7, 11) is 0. The molecule has 4 N–H and O–H groups in total. The van der Waals surface area contributed by atoms with E-state index < -0.39 is 23.2 Å². The molecule has 0 saturated carbocycles. The number of carboxylic acid groups (broad SMARTS) is 1. The van der Waals surface area contributed by atoms with Crippen LogP contribution >= 0.6 is 0 Å². The first-order valence-corrected chi connectivity index (χ1v) is 5.81. The van der Waals surface area contributed by atoms with Gasteiger partial charge in [-0.25, -0.2) is 9.18 Å². The molecule has 1 aromatic carbocycles. The van der Waals surface area contributed by atoms with E-state index in [1.54, 1.807) is 13.8 Å². The summed E-state index contributed by atoms with van der Waals surface area (Å²) in [5.41, 5.74) is 4.64. The summed E-state index contributed by atoms with van der Waals surface area (Å²) in [5.74, 6) is -2.54. The minimum atomic E-state index is -1.30. The number of para-hydroxylation sites is 1. The molecule has 0 aliphatic carbocycles. The van der Waals surface area contributed by atoms with Gasteiger partial charge >= 0.3 is 5.97 Å².